The number of anilines is 1. The van der Waals surface area contributed by atoms with Crippen molar-refractivity contribution >= 4 is 11.8 Å². The van der Waals surface area contributed by atoms with Gasteiger partial charge in [-0.15, -0.1) is 0 Å². The Bertz CT molecular complexity index is 400. The normalized spacial score (nSPS) is 19.6. The fraction of sp³-hybridized carbons (Fsp3) is 0.250. The van der Waals surface area contributed by atoms with Gasteiger partial charge in [0.2, 0.25) is 0 Å². The molecule has 16 heavy (non-hydrogen) atoms. The molecular weight excluding hydrogens is 204 g/mol. The summed E-state index contributed by atoms with van der Waals surface area (Å²) in [6, 6.07) is 7.46. The zero-order valence-corrected chi connectivity index (χ0v) is 8.93. The van der Waals surface area contributed by atoms with Crippen LogP contribution in [-0.2, 0) is 11.3 Å². The molecule has 2 rings (SSSR count). The van der Waals surface area contributed by atoms with Crippen LogP contribution >= 0.6 is 0 Å². The molecule has 84 valence electrons. The van der Waals surface area contributed by atoms with Crippen molar-refractivity contribution < 1.29 is 9.53 Å². The van der Waals surface area contributed by atoms with Crippen LogP contribution in [0.1, 0.15) is 5.56 Å². The molecule has 1 amide bonds. The van der Waals surface area contributed by atoms with E-state index in [-0.39, 0.29) is 12.2 Å². The smallest absolute Gasteiger partial charge is 0.410 e. The van der Waals surface area contributed by atoms with Crippen molar-refractivity contribution in [2.75, 3.05) is 12.3 Å². The van der Waals surface area contributed by atoms with Gasteiger partial charge in [0.1, 0.15) is 6.10 Å². The molecule has 0 aromatic heterocycles. The van der Waals surface area contributed by atoms with Gasteiger partial charge < -0.3 is 10.5 Å². The second kappa shape index (κ2) is 4.26. The molecule has 1 unspecified atom stereocenters. The standard InChI is InChI=1S/C12H14N2O2/c1-2-11-8-14(12(15)16-11)7-9-3-5-10(13)6-4-9/h2-6,11H,1,7-8,13H2. The quantitative estimate of drug-likeness (QED) is 0.621. The highest BCUT2D eigenvalue weighted by Gasteiger charge is 2.28. The molecule has 0 saturated carbocycles. The van der Waals surface area contributed by atoms with Crippen LogP contribution < -0.4 is 5.73 Å². The Kier molecular flexibility index (Phi) is 2.81. The van der Waals surface area contributed by atoms with Crippen LogP contribution in [0.15, 0.2) is 36.9 Å². The van der Waals surface area contributed by atoms with Crippen molar-refractivity contribution in [3.8, 4) is 0 Å². The number of benzene rings is 1. The van der Waals surface area contributed by atoms with Gasteiger partial charge in [-0.2, -0.15) is 0 Å². The number of nitrogens with zero attached hydrogens (tertiary/aromatic N) is 1. The van der Waals surface area contributed by atoms with Gasteiger partial charge in [-0.25, -0.2) is 4.79 Å². The van der Waals surface area contributed by atoms with Crippen LogP contribution in [0.3, 0.4) is 0 Å². The summed E-state index contributed by atoms with van der Waals surface area (Å²) in [6.45, 7) is 4.72. The summed E-state index contributed by atoms with van der Waals surface area (Å²) in [7, 11) is 0. The fourth-order valence-corrected chi connectivity index (χ4v) is 1.63. The van der Waals surface area contributed by atoms with Gasteiger partial charge in [-0.1, -0.05) is 18.7 Å². The number of ether oxygens (including phenoxy) is 1. The number of rotatable bonds is 3. The third-order valence-electron chi connectivity index (χ3n) is 2.53. The van der Waals surface area contributed by atoms with Crippen molar-refractivity contribution in [1.29, 1.82) is 0 Å². The van der Waals surface area contributed by atoms with Crippen molar-refractivity contribution in [2.45, 2.75) is 12.6 Å². The van der Waals surface area contributed by atoms with Crippen molar-refractivity contribution in [1.82, 2.24) is 4.90 Å². The van der Waals surface area contributed by atoms with E-state index in [1.165, 1.54) is 0 Å². The van der Waals surface area contributed by atoms with E-state index < -0.39 is 0 Å². The highest BCUT2D eigenvalue weighted by Crippen LogP contribution is 2.16. The third-order valence-corrected chi connectivity index (χ3v) is 2.53. The van der Waals surface area contributed by atoms with Gasteiger partial charge in [-0.05, 0) is 23.8 Å². The van der Waals surface area contributed by atoms with E-state index in [4.69, 9.17) is 10.5 Å². The molecule has 1 fully saturated rings. The summed E-state index contributed by atoms with van der Waals surface area (Å²) < 4.78 is 5.06. The largest absolute Gasteiger partial charge is 0.440 e. The molecule has 2 N–H and O–H groups in total. The average Bonchev–Trinajstić information content (AvgIpc) is 2.63. The van der Waals surface area contributed by atoms with Crippen LogP contribution in [0, 0.1) is 0 Å². The maximum absolute atomic E-state index is 11.4. The van der Waals surface area contributed by atoms with Crippen molar-refractivity contribution in [2.24, 2.45) is 0 Å². The van der Waals surface area contributed by atoms with E-state index in [2.05, 4.69) is 6.58 Å². The zero-order chi connectivity index (χ0) is 11.5. The Morgan fingerprint density at radius 2 is 2.19 bits per heavy atom. The number of cyclic esters (lactones) is 1. The molecule has 1 saturated heterocycles. The first kappa shape index (κ1) is 10.5. The minimum atomic E-state index is -0.290. The molecule has 4 heteroatoms. The van der Waals surface area contributed by atoms with E-state index in [9.17, 15) is 4.79 Å². The van der Waals surface area contributed by atoms with Gasteiger partial charge >= 0.3 is 6.09 Å². The lowest BCUT2D eigenvalue weighted by Gasteiger charge is -2.12. The number of amides is 1. The first-order valence-electron chi connectivity index (χ1n) is 5.11. The lowest BCUT2D eigenvalue weighted by molar-refractivity contribution is 0.144. The maximum atomic E-state index is 11.4. The second-order valence-corrected chi connectivity index (χ2v) is 3.78. The number of hydrogen-bond donors (Lipinski definition) is 1. The van der Waals surface area contributed by atoms with E-state index in [0.717, 1.165) is 11.3 Å². The zero-order valence-electron chi connectivity index (χ0n) is 8.93. The monoisotopic (exact) mass is 218 g/mol. The molecule has 1 heterocycles. The summed E-state index contributed by atoms with van der Waals surface area (Å²) in [4.78, 5) is 13.1. The number of carbonyl (C=O) groups excluding carboxylic acids is 1. The lowest BCUT2D eigenvalue weighted by atomic mass is 10.2. The van der Waals surface area contributed by atoms with Gasteiger partial charge in [-0.3, -0.25) is 4.90 Å². The Labute approximate surface area is 94.3 Å². The van der Waals surface area contributed by atoms with Crippen LogP contribution in [0.5, 0.6) is 0 Å². The van der Waals surface area contributed by atoms with Gasteiger partial charge in [0.15, 0.2) is 0 Å². The predicted octanol–water partition coefficient (Wildman–Crippen LogP) is 1.78. The van der Waals surface area contributed by atoms with Crippen LogP contribution in [-0.4, -0.2) is 23.6 Å². The number of carbonyl (C=O) groups is 1. The Morgan fingerprint density at radius 3 is 2.75 bits per heavy atom. The van der Waals surface area contributed by atoms with Crippen molar-refractivity contribution in [3.63, 3.8) is 0 Å². The Hall–Kier alpha value is -1.97. The highest BCUT2D eigenvalue weighted by atomic mass is 16.6. The second-order valence-electron chi connectivity index (χ2n) is 3.78. The SMILES string of the molecule is C=CC1CN(Cc2ccc(N)cc2)C(=O)O1. The number of nitrogens with two attached hydrogens (primary N) is 1. The molecule has 1 aliphatic heterocycles. The topological polar surface area (TPSA) is 55.6 Å². The molecule has 0 radical (unpaired) electrons. The summed E-state index contributed by atoms with van der Waals surface area (Å²) in [5.74, 6) is 0. The molecular formula is C12H14N2O2. The molecule has 4 nitrogen and oxygen atoms in total. The predicted molar refractivity (Wildman–Crippen MR) is 61.7 cm³/mol. The summed E-state index contributed by atoms with van der Waals surface area (Å²) in [5, 5.41) is 0. The molecule has 0 bridgehead atoms. The molecule has 0 spiro atoms. The first-order chi connectivity index (χ1) is 7.69. The van der Waals surface area contributed by atoms with Gasteiger partial charge in [0, 0.05) is 12.2 Å². The Balaban J connectivity index is 2.02. The number of hydrogen-bond acceptors (Lipinski definition) is 3. The maximum Gasteiger partial charge on any atom is 0.410 e. The van der Waals surface area contributed by atoms with Crippen molar-refractivity contribution in [3.05, 3.63) is 42.5 Å². The minimum absolute atomic E-state index is 0.193. The van der Waals surface area contributed by atoms with Gasteiger partial charge in [0.25, 0.3) is 0 Å². The van der Waals surface area contributed by atoms with Crippen LogP contribution in [0.2, 0.25) is 0 Å². The third kappa shape index (κ3) is 2.16. The molecule has 1 aromatic rings. The molecule has 1 aromatic carbocycles. The summed E-state index contributed by atoms with van der Waals surface area (Å²) in [6.07, 6.45) is 1.16. The molecule has 1 atom stereocenters. The lowest BCUT2D eigenvalue weighted by Crippen LogP contribution is -2.24. The minimum Gasteiger partial charge on any atom is -0.440 e. The molecule has 1 aliphatic rings. The van der Waals surface area contributed by atoms with Crippen LogP contribution in [0.4, 0.5) is 10.5 Å². The molecule has 0 aliphatic carbocycles. The fourth-order valence-electron chi connectivity index (χ4n) is 1.63. The highest BCUT2D eigenvalue weighted by molar-refractivity contribution is 5.70. The van der Waals surface area contributed by atoms with Gasteiger partial charge in [0.05, 0.1) is 6.54 Å². The number of nitrogen functional groups attached to an aromatic ring is 1. The van der Waals surface area contributed by atoms with Crippen LogP contribution in [0.25, 0.3) is 0 Å². The van der Waals surface area contributed by atoms with E-state index in [1.54, 1.807) is 11.0 Å². The summed E-state index contributed by atoms with van der Waals surface area (Å²) >= 11 is 0. The van der Waals surface area contributed by atoms with E-state index >= 15 is 0 Å². The first-order valence-corrected chi connectivity index (χ1v) is 5.11. The average molecular weight is 218 g/mol. The van der Waals surface area contributed by atoms with E-state index in [1.807, 2.05) is 24.3 Å². The Morgan fingerprint density at radius 1 is 1.50 bits per heavy atom. The summed E-state index contributed by atoms with van der Waals surface area (Å²) in [5.41, 5.74) is 7.34. The van der Waals surface area contributed by atoms with E-state index in [0.29, 0.717) is 13.1 Å².